The van der Waals surface area contributed by atoms with Gasteiger partial charge in [0.25, 0.3) is 0 Å². The highest BCUT2D eigenvalue weighted by Gasteiger charge is 2.40. The minimum absolute atomic E-state index is 0.0370. The number of carbonyl (C=O) groups excluding carboxylic acids is 2. The van der Waals surface area contributed by atoms with Crippen LogP contribution in [0, 0.1) is 11.8 Å². The first-order chi connectivity index (χ1) is 16.8. The van der Waals surface area contributed by atoms with Gasteiger partial charge in [0.1, 0.15) is 0 Å². The van der Waals surface area contributed by atoms with Gasteiger partial charge in [0, 0.05) is 37.3 Å². The van der Waals surface area contributed by atoms with Crippen molar-refractivity contribution in [1.29, 1.82) is 0 Å². The summed E-state index contributed by atoms with van der Waals surface area (Å²) < 4.78 is 28.4. The van der Waals surface area contributed by atoms with Gasteiger partial charge in [-0.2, -0.15) is 4.31 Å². The molecule has 1 aliphatic carbocycles. The monoisotopic (exact) mass is 495 g/mol. The molecule has 2 fully saturated rings. The second-order valence-corrected chi connectivity index (χ2v) is 12.0. The zero-order chi connectivity index (χ0) is 24.6. The predicted octanol–water partition coefficient (Wildman–Crippen LogP) is 3.13. The fourth-order valence-corrected chi connectivity index (χ4v) is 6.85. The number of nitrogens with one attached hydrogen (secondary N) is 1. The van der Waals surface area contributed by atoms with Gasteiger partial charge in [-0.3, -0.25) is 9.59 Å². The zero-order valence-corrected chi connectivity index (χ0v) is 21.0. The van der Waals surface area contributed by atoms with Crippen LogP contribution in [0.15, 0.2) is 53.4 Å². The number of rotatable bonds is 7. The lowest BCUT2D eigenvalue weighted by Crippen LogP contribution is -2.45. The number of anilines is 1. The molecule has 2 aromatic rings. The normalized spacial score (nSPS) is 22.6. The average molecular weight is 496 g/mol. The number of amides is 2. The minimum atomic E-state index is -3.72. The Morgan fingerprint density at radius 2 is 1.80 bits per heavy atom. The first-order valence-corrected chi connectivity index (χ1v) is 14.1. The Kier molecular flexibility index (Phi) is 6.68. The first-order valence-electron chi connectivity index (χ1n) is 12.6. The molecule has 2 heterocycles. The van der Waals surface area contributed by atoms with Crippen molar-refractivity contribution in [2.24, 2.45) is 11.8 Å². The maximum absolute atomic E-state index is 13.5. The van der Waals surface area contributed by atoms with Gasteiger partial charge in [-0.05, 0) is 74.8 Å². The van der Waals surface area contributed by atoms with E-state index in [1.54, 1.807) is 18.2 Å². The summed E-state index contributed by atoms with van der Waals surface area (Å²) in [4.78, 5) is 27.6. The van der Waals surface area contributed by atoms with E-state index in [1.807, 2.05) is 42.2 Å². The van der Waals surface area contributed by atoms with Crippen molar-refractivity contribution in [3.8, 4) is 0 Å². The van der Waals surface area contributed by atoms with Crippen molar-refractivity contribution < 1.29 is 18.0 Å². The Balaban J connectivity index is 1.24. The number of nitrogens with zero attached hydrogens (tertiary/aromatic N) is 2. The molecular formula is C27H33N3O4S. The van der Waals surface area contributed by atoms with E-state index in [0.717, 1.165) is 36.1 Å². The van der Waals surface area contributed by atoms with Crippen LogP contribution in [0.25, 0.3) is 0 Å². The molecule has 0 aromatic heterocycles. The van der Waals surface area contributed by atoms with Gasteiger partial charge >= 0.3 is 0 Å². The summed E-state index contributed by atoms with van der Waals surface area (Å²) in [6, 6.07) is 15.1. The van der Waals surface area contributed by atoms with Gasteiger partial charge in [-0.1, -0.05) is 30.3 Å². The third-order valence-electron chi connectivity index (χ3n) is 7.38. The highest BCUT2D eigenvalue weighted by atomic mass is 32.2. The number of piperidine rings is 1. The first kappa shape index (κ1) is 24.0. The summed E-state index contributed by atoms with van der Waals surface area (Å²) in [5, 5.41) is 2.98. The molecule has 1 saturated heterocycles. The molecule has 186 valence electrons. The Labute approximate surface area is 207 Å². The topological polar surface area (TPSA) is 86.8 Å². The molecule has 1 N–H and O–H groups in total. The van der Waals surface area contributed by atoms with Crippen molar-refractivity contribution in [2.75, 3.05) is 24.5 Å². The van der Waals surface area contributed by atoms with Gasteiger partial charge in [0.15, 0.2) is 0 Å². The Morgan fingerprint density at radius 3 is 2.54 bits per heavy atom. The van der Waals surface area contributed by atoms with Crippen LogP contribution in [0.5, 0.6) is 0 Å². The number of carbonyl (C=O) groups is 2. The summed E-state index contributed by atoms with van der Waals surface area (Å²) >= 11 is 0. The third-order valence-corrected chi connectivity index (χ3v) is 9.24. The van der Waals surface area contributed by atoms with Gasteiger partial charge in [0.2, 0.25) is 21.8 Å². The molecule has 1 saturated carbocycles. The van der Waals surface area contributed by atoms with E-state index in [1.165, 1.54) is 4.31 Å². The average Bonchev–Trinajstić information content (AvgIpc) is 3.66. The maximum atomic E-state index is 13.5. The number of hydrogen-bond acceptors (Lipinski definition) is 4. The second-order valence-electron chi connectivity index (χ2n) is 10.1. The molecule has 2 aromatic carbocycles. The van der Waals surface area contributed by atoms with Crippen LogP contribution in [0.2, 0.25) is 0 Å². The van der Waals surface area contributed by atoms with E-state index in [9.17, 15) is 18.0 Å². The molecule has 7 nitrogen and oxygen atoms in total. The van der Waals surface area contributed by atoms with Crippen LogP contribution in [0.1, 0.15) is 43.7 Å². The molecular weight excluding hydrogens is 462 g/mol. The molecule has 0 radical (unpaired) electrons. The van der Waals surface area contributed by atoms with E-state index >= 15 is 0 Å². The third kappa shape index (κ3) is 5.00. The van der Waals surface area contributed by atoms with Crippen LogP contribution in [0.4, 0.5) is 5.69 Å². The summed E-state index contributed by atoms with van der Waals surface area (Å²) in [6.45, 7) is 3.15. The summed E-state index contributed by atoms with van der Waals surface area (Å²) in [7, 11) is -3.72. The van der Waals surface area contributed by atoms with Crippen molar-refractivity contribution in [1.82, 2.24) is 9.62 Å². The summed E-state index contributed by atoms with van der Waals surface area (Å²) in [6.07, 6.45) is 4.63. The Morgan fingerprint density at radius 1 is 1.03 bits per heavy atom. The molecule has 8 heteroatoms. The number of hydrogen-bond donors (Lipinski definition) is 1. The SMILES string of the molecule is C[C@@H]1Cc2cc(S(=O)(=O)N3CCC[C@@H](C(=O)NCCc4ccccc4)C3)ccc2N1C(=O)C1CC1. The lowest BCUT2D eigenvalue weighted by atomic mass is 9.99. The largest absolute Gasteiger partial charge is 0.355 e. The molecule has 2 amide bonds. The molecule has 0 unspecified atom stereocenters. The molecule has 2 atom stereocenters. The lowest BCUT2D eigenvalue weighted by Gasteiger charge is -2.31. The highest BCUT2D eigenvalue weighted by Crippen LogP contribution is 2.40. The van der Waals surface area contributed by atoms with Crippen LogP contribution in [-0.4, -0.2) is 50.2 Å². The molecule has 0 bridgehead atoms. The summed E-state index contributed by atoms with van der Waals surface area (Å²) in [5.74, 6) is -0.159. The zero-order valence-electron chi connectivity index (χ0n) is 20.2. The fraction of sp³-hybridized carbons (Fsp3) is 0.481. The van der Waals surface area contributed by atoms with E-state index in [2.05, 4.69) is 5.32 Å². The maximum Gasteiger partial charge on any atom is 0.243 e. The molecule has 3 aliphatic rings. The van der Waals surface area contributed by atoms with Crippen LogP contribution in [-0.2, 0) is 32.5 Å². The van der Waals surface area contributed by atoms with E-state index in [4.69, 9.17) is 0 Å². The van der Waals surface area contributed by atoms with Crippen LogP contribution >= 0.6 is 0 Å². The standard InChI is InChI=1S/C27H33N3O4S/c1-19-16-23-17-24(11-12-25(23)30(19)27(32)21-9-10-21)35(33,34)29-15-5-8-22(18-29)26(31)28-14-13-20-6-3-2-4-7-20/h2-4,6-7,11-12,17,19,21-22H,5,8-10,13-16,18H2,1H3,(H,28,31)/t19-,22-/m1/s1. The van der Waals surface area contributed by atoms with Crippen molar-refractivity contribution in [3.63, 3.8) is 0 Å². The van der Waals surface area contributed by atoms with Crippen molar-refractivity contribution in [3.05, 3.63) is 59.7 Å². The van der Waals surface area contributed by atoms with Gasteiger partial charge in [0.05, 0.1) is 10.8 Å². The molecule has 5 rings (SSSR count). The number of sulfonamides is 1. The number of benzene rings is 2. The smallest absolute Gasteiger partial charge is 0.243 e. The van der Waals surface area contributed by atoms with E-state index < -0.39 is 10.0 Å². The fourth-order valence-electron chi connectivity index (χ4n) is 5.27. The molecule has 2 aliphatic heterocycles. The molecule has 0 spiro atoms. The van der Waals surface area contributed by atoms with Crippen LogP contribution in [0.3, 0.4) is 0 Å². The molecule has 35 heavy (non-hydrogen) atoms. The second kappa shape index (κ2) is 9.74. The van der Waals surface area contributed by atoms with Crippen LogP contribution < -0.4 is 10.2 Å². The van der Waals surface area contributed by atoms with E-state index in [0.29, 0.717) is 32.4 Å². The van der Waals surface area contributed by atoms with Gasteiger partial charge < -0.3 is 10.2 Å². The lowest BCUT2D eigenvalue weighted by molar-refractivity contribution is -0.126. The number of fused-ring (bicyclic) bond motifs is 1. The minimum Gasteiger partial charge on any atom is -0.355 e. The van der Waals surface area contributed by atoms with Crippen molar-refractivity contribution in [2.45, 2.75) is 56.4 Å². The Hall–Kier alpha value is -2.71. The van der Waals surface area contributed by atoms with Crippen molar-refractivity contribution >= 4 is 27.5 Å². The quantitative estimate of drug-likeness (QED) is 0.639. The predicted molar refractivity (Wildman–Crippen MR) is 134 cm³/mol. The summed E-state index contributed by atoms with van der Waals surface area (Å²) in [5.41, 5.74) is 2.89. The Bertz CT molecular complexity index is 1210. The van der Waals surface area contributed by atoms with E-state index in [-0.39, 0.29) is 41.1 Å². The van der Waals surface area contributed by atoms with Gasteiger partial charge in [-0.15, -0.1) is 0 Å². The van der Waals surface area contributed by atoms with Gasteiger partial charge in [-0.25, -0.2) is 8.42 Å². The highest BCUT2D eigenvalue weighted by molar-refractivity contribution is 7.89.